The lowest BCUT2D eigenvalue weighted by molar-refractivity contribution is -0.133. The number of carbonyl (C=O) groups is 2. The third kappa shape index (κ3) is 4.91. The largest absolute Gasteiger partial charge is 0.491 e. The molecule has 1 aliphatic rings. The van der Waals surface area contributed by atoms with Gasteiger partial charge in [-0.05, 0) is 43.0 Å². The normalized spacial score (nSPS) is 13.7. The number of halogens is 1. The van der Waals surface area contributed by atoms with Crippen LogP contribution in [0.15, 0.2) is 54.7 Å². The monoisotopic (exact) mass is 515 g/mol. The second-order valence-electron chi connectivity index (χ2n) is 9.28. The van der Waals surface area contributed by atoms with Gasteiger partial charge < -0.3 is 14.2 Å². The molecule has 4 aromatic rings. The SMILES string of the molecule is COc1cc2nccc(Oc3ccc(CC(=O)C4(C(=O)Cc5ccc(F)cc5)CC4)c(C)n3)c2nc1OC. The smallest absolute Gasteiger partial charge is 0.257 e. The van der Waals surface area contributed by atoms with Crippen molar-refractivity contribution in [1.29, 1.82) is 0 Å². The molecule has 0 radical (unpaired) electrons. The molecule has 1 aromatic carbocycles. The van der Waals surface area contributed by atoms with Crippen LogP contribution in [0.25, 0.3) is 11.0 Å². The molecular formula is C29H26FN3O5. The van der Waals surface area contributed by atoms with E-state index < -0.39 is 5.41 Å². The van der Waals surface area contributed by atoms with E-state index in [0.29, 0.717) is 58.4 Å². The molecule has 0 aliphatic heterocycles. The van der Waals surface area contributed by atoms with Crippen molar-refractivity contribution in [1.82, 2.24) is 15.0 Å². The van der Waals surface area contributed by atoms with Crippen LogP contribution in [0, 0.1) is 18.2 Å². The van der Waals surface area contributed by atoms with Crippen molar-refractivity contribution in [2.75, 3.05) is 14.2 Å². The summed E-state index contributed by atoms with van der Waals surface area (Å²) >= 11 is 0. The first-order chi connectivity index (χ1) is 18.3. The molecule has 9 heteroatoms. The molecule has 0 atom stereocenters. The highest BCUT2D eigenvalue weighted by Gasteiger charge is 2.54. The Hall–Kier alpha value is -4.40. The van der Waals surface area contributed by atoms with Gasteiger partial charge in [0.1, 0.15) is 11.3 Å². The van der Waals surface area contributed by atoms with E-state index in [9.17, 15) is 14.0 Å². The number of fused-ring (bicyclic) bond motifs is 1. The molecule has 0 unspecified atom stereocenters. The van der Waals surface area contributed by atoms with Crippen molar-refractivity contribution >= 4 is 22.6 Å². The maximum atomic E-state index is 13.2. The fraction of sp³-hybridized carbons (Fsp3) is 0.276. The average Bonchev–Trinajstić information content (AvgIpc) is 3.73. The minimum atomic E-state index is -0.961. The molecule has 38 heavy (non-hydrogen) atoms. The highest BCUT2D eigenvalue weighted by molar-refractivity contribution is 6.11. The first-order valence-electron chi connectivity index (χ1n) is 12.2. The van der Waals surface area contributed by atoms with Gasteiger partial charge in [-0.3, -0.25) is 14.6 Å². The van der Waals surface area contributed by atoms with Crippen LogP contribution in [0.1, 0.15) is 29.7 Å². The van der Waals surface area contributed by atoms with E-state index in [2.05, 4.69) is 15.0 Å². The van der Waals surface area contributed by atoms with E-state index in [4.69, 9.17) is 14.2 Å². The Morgan fingerprint density at radius 3 is 2.32 bits per heavy atom. The number of ether oxygens (including phenoxy) is 3. The zero-order valence-corrected chi connectivity index (χ0v) is 21.3. The predicted octanol–water partition coefficient (Wildman–Crippen LogP) is 4.99. The van der Waals surface area contributed by atoms with Crippen molar-refractivity contribution in [3.8, 4) is 23.3 Å². The lowest BCUT2D eigenvalue weighted by atomic mass is 9.87. The Balaban J connectivity index is 1.31. The van der Waals surface area contributed by atoms with E-state index in [1.807, 2.05) is 0 Å². The lowest BCUT2D eigenvalue weighted by Gasteiger charge is -2.15. The van der Waals surface area contributed by atoms with Gasteiger partial charge >= 0.3 is 0 Å². The standard InChI is InChI=1S/C29H26FN3O5/c1-17-19(15-25(35)29(11-12-29)24(34)14-18-4-7-20(30)8-5-18)6-9-26(32-17)38-22-10-13-31-21-16-23(36-2)28(37-3)33-27(21)22/h4-10,13,16H,11-12,14-15H2,1-3H3. The summed E-state index contributed by atoms with van der Waals surface area (Å²) in [5.41, 5.74) is 2.15. The minimum Gasteiger partial charge on any atom is -0.491 e. The summed E-state index contributed by atoms with van der Waals surface area (Å²) in [6.45, 7) is 1.80. The third-order valence-electron chi connectivity index (χ3n) is 6.85. The molecule has 1 saturated carbocycles. The van der Waals surface area contributed by atoms with Gasteiger partial charge in [-0.2, -0.15) is 0 Å². The number of pyridine rings is 3. The van der Waals surface area contributed by atoms with E-state index in [1.54, 1.807) is 49.5 Å². The number of rotatable bonds is 10. The molecule has 194 valence electrons. The predicted molar refractivity (Wildman–Crippen MR) is 137 cm³/mol. The molecule has 1 fully saturated rings. The van der Waals surface area contributed by atoms with Crippen molar-refractivity contribution in [2.24, 2.45) is 5.41 Å². The maximum Gasteiger partial charge on any atom is 0.257 e. The van der Waals surface area contributed by atoms with Crippen molar-refractivity contribution in [2.45, 2.75) is 32.6 Å². The van der Waals surface area contributed by atoms with Gasteiger partial charge in [0.25, 0.3) is 5.88 Å². The zero-order chi connectivity index (χ0) is 26.9. The molecule has 3 aromatic heterocycles. The Morgan fingerprint density at radius 1 is 0.921 bits per heavy atom. The quantitative estimate of drug-likeness (QED) is 0.273. The summed E-state index contributed by atoms with van der Waals surface area (Å²) < 4.78 is 29.8. The minimum absolute atomic E-state index is 0.102. The second kappa shape index (κ2) is 10.2. The number of hydrogen-bond donors (Lipinski definition) is 0. The van der Waals surface area contributed by atoms with Crippen LogP contribution in [0.2, 0.25) is 0 Å². The molecule has 0 bridgehead atoms. The Labute approximate surface area is 218 Å². The van der Waals surface area contributed by atoms with Crippen LogP contribution in [0.3, 0.4) is 0 Å². The number of Topliss-reactive ketones (excluding diaryl/α,β-unsaturated/α-hetero) is 2. The van der Waals surface area contributed by atoms with Crippen molar-refractivity contribution in [3.63, 3.8) is 0 Å². The summed E-state index contributed by atoms with van der Waals surface area (Å²) in [4.78, 5) is 39.5. The summed E-state index contributed by atoms with van der Waals surface area (Å²) in [5.74, 6) is 0.932. The number of hydrogen-bond acceptors (Lipinski definition) is 8. The number of ketones is 2. The average molecular weight is 516 g/mol. The fourth-order valence-corrected chi connectivity index (χ4v) is 4.45. The van der Waals surface area contributed by atoms with E-state index in [0.717, 1.165) is 5.56 Å². The first kappa shape index (κ1) is 25.3. The molecule has 3 heterocycles. The lowest BCUT2D eigenvalue weighted by Crippen LogP contribution is -2.29. The number of carbonyl (C=O) groups excluding carboxylic acids is 2. The van der Waals surface area contributed by atoms with Crippen molar-refractivity contribution < 1.29 is 28.2 Å². The van der Waals surface area contributed by atoms with Crippen LogP contribution in [-0.4, -0.2) is 40.7 Å². The van der Waals surface area contributed by atoms with Gasteiger partial charge in [-0.15, -0.1) is 0 Å². The Morgan fingerprint density at radius 2 is 1.66 bits per heavy atom. The zero-order valence-electron chi connectivity index (χ0n) is 21.3. The van der Waals surface area contributed by atoms with Crippen molar-refractivity contribution in [3.05, 3.63) is 77.4 Å². The number of nitrogens with zero attached hydrogens (tertiary/aromatic N) is 3. The molecule has 0 amide bonds. The Bertz CT molecular complexity index is 1530. The van der Waals surface area contributed by atoms with Crippen LogP contribution >= 0.6 is 0 Å². The maximum absolute atomic E-state index is 13.2. The molecule has 1 aliphatic carbocycles. The summed E-state index contributed by atoms with van der Waals surface area (Å²) in [6.07, 6.45) is 2.89. The van der Waals surface area contributed by atoms with Gasteiger partial charge in [-0.25, -0.2) is 14.4 Å². The molecule has 0 spiro atoms. The molecule has 0 N–H and O–H groups in total. The summed E-state index contributed by atoms with van der Waals surface area (Å²) in [6, 6.07) is 12.7. The molecule has 0 saturated heterocycles. The molecular weight excluding hydrogens is 489 g/mol. The van der Waals surface area contributed by atoms with E-state index >= 15 is 0 Å². The number of methoxy groups -OCH3 is 2. The van der Waals surface area contributed by atoms with Crippen LogP contribution in [0.5, 0.6) is 23.3 Å². The van der Waals surface area contributed by atoms with E-state index in [1.165, 1.54) is 26.4 Å². The van der Waals surface area contributed by atoms with E-state index in [-0.39, 0.29) is 30.2 Å². The van der Waals surface area contributed by atoms with Gasteiger partial charge in [0, 0.05) is 42.9 Å². The van der Waals surface area contributed by atoms with Crippen LogP contribution in [0.4, 0.5) is 4.39 Å². The van der Waals surface area contributed by atoms with Gasteiger partial charge in [-0.1, -0.05) is 18.2 Å². The number of benzene rings is 1. The topological polar surface area (TPSA) is 101 Å². The summed E-state index contributed by atoms with van der Waals surface area (Å²) in [5, 5.41) is 0. The number of aryl methyl sites for hydroxylation is 1. The highest BCUT2D eigenvalue weighted by Crippen LogP contribution is 2.49. The fourth-order valence-electron chi connectivity index (χ4n) is 4.45. The first-order valence-corrected chi connectivity index (χ1v) is 12.2. The van der Waals surface area contributed by atoms with Crippen LogP contribution < -0.4 is 14.2 Å². The third-order valence-corrected chi connectivity index (χ3v) is 6.85. The number of aromatic nitrogens is 3. The van der Waals surface area contributed by atoms with Gasteiger partial charge in [0.15, 0.2) is 23.1 Å². The highest BCUT2D eigenvalue weighted by atomic mass is 19.1. The molecule has 8 nitrogen and oxygen atoms in total. The molecule has 5 rings (SSSR count). The van der Waals surface area contributed by atoms with Crippen LogP contribution in [-0.2, 0) is 22.4 Å². The Kier molecular flexibility index (Phi) is 6.75. The second-order valence-corrected chi connectivity index (χ2v) is 9.28. The summed E-state index contributed by atoms with van der Waals surface area (Å²) in [7, 11) is 3.03. The van der Waals surface area contributed by atoms with Gasteiger partial charge in [0.2, 0.25) is 5.88 Å². The van der Waals surface area contributed by atoms with Gasteiger partial charge in [0.05, 0.1) is 25.2 Å².